The van der Waals surface area contributed by atoms with E-state index in [1.807, 2.05) is 0 Å². The first-order chi connectivity index (χ1) is 11.6. The minimum atomic E-state index is -1.78. The molecule has 4 N–H and O–H groups in total. The largest absolute Gasteiger partial charge is 0.478 e. The molecule has 2 aromatic rings. The molecule has 0 aliphatic carbocycles. The molecule has 0 saturated heterocycles. The van der Waals surface area contributed by atoms with Crippen LogP contribution in [0.25, 0.3) is 0 Å². The zero-order chi connectivity index (χ0) is 17.4. The number of carboxylic acid groups (broad SMARTS) is 1. The van der Waals surface area contributed by atoms with Crippen LogP contribution in [0.3, 0.4) is 0 Å². The van der Waals surface area contributed by atoms with E-state index in [1.54, 1.807) is 12.1 Å². The number of hydrogen-bond acceptors (Lipinski definition) is 7. The van der Waals surface area contributed by atoms with Crippen LogP contribution >= 0.6 is 0 Å². The topological polar surface area (TPSA) is 146 Å². The Bertz CT molecular complexity index is 727. The fourth-order valence-electron chi connectivity index (χ4n) is 1.98. The van der Waals surface area contributed by atoms with E-state index in [1.165, 1.54) is 12.3 Å². The third-order valence-corrected chi connectivity index (χ3v) is 3.21. The number of rotatable bonds is 8. The van der Waals surface area contributed by atoms with Crippen LogP contribution in [-0.2, 0) is 11.2 Å². The van der Waals surface area contributed by atoms with Crippen molar-refractivity contribution in [3.63, 3.8) is 0 Å². The van der Waals surface area contributed by atoms with Gasteiger partial charge in [-0.25, -0.2) is 9.89 Å². The highest BCUT2D eigenvalue weighted by molar-refractivity contribution is 5.96. The lowest BCUT2D eigenvalue weighted by Gasteiger charge is -2.30. The van der Waals surface area contributed by atoms with Crippen LogP contribution in [0.1, 0.15) is 22.7 Å². The van der Waals surface area contributed by atoms with E-state index in [-0.39, 0.29) is 25.1 Å². The smallest absolute Gasteiger partial charge is 0.344 e. The third kappa shape index (κ3) is 4.11. The number of aryl methyl sites for hydroxylation is 1. The van der Waals surface area contributed by atoms with Crippen LogP contribution < -0.4 is 10.6 Å². The van der Waals surface area contributed by atoms with E-state index in [4.69, 9.17) is 6.42 Å². The summed E-state index contributed by atoms with van der Waals surface area (Å²) in [7, 11) is 0. The van der Waals surface area contributed by atoms with Gasteiger partial charge in [-0.3, -0.25) is 15.1 Å². The van der Waals surface area contributed by atoms with Gasteiger partial charge < -0.3 is 10.4 Å². The molecule has 0 aliphatic rings. The number of tetrazole rings is 1. The molecule has 0 spiro atoms. The summed E-state index contributed by atoms with van der Waals surface area (Å²) >= 11 is 0. The van der Waals surface area contributed by atoms with Crippen LogP contribution in [0.5, 0.6) is 0 Å². The van der Waals surface area contributed by atoms with Gasteiger partial charge in [-0.05, 0) is 22.6 Å². The van der Waals surface area contributed by atoms with E-state index in [2.05, 4.69) is 42.2 Å². The Hall–Kier alpha value is -3.32. The Balaban J connectivity index is 2.21. The lowest BCUT2D eigenvalue weighted by molar-refractivity contribution is -0.146. The number of carboxylic acids is 1. The summed E-state index contributed by atoms with van der Waals surface area (Å²) in [6, 6.07) is 4.75. The maximum Gasteiger partial charge on any atom is 0.344 e. The summed E-state index contributed by atoms with van der Waals surface area (Å²) in [5.41, 5.74) is -1.69. The number of amides is 1. The molecule has 0 radical (unpaired) electrons. The van der Waals surface area contributed by atoms with Crippen LogP contribution in [0.4, 0.5) is 0 Å². The lowest BCUT2D eigenvalue weighted by atomic mass is 10.0. The average Bonchev–Trinajstić information content (AvgIpc) is 3.11. The van der Waals surface area contributed by atoms with Gasteiger partial charge in [0.25, 0.3) is 5.91 Å². The Morgan fingerprint density at radius 3 is 2.83 bits per heavy atom. The molecule has 10 nitrogen and oxygen atoms in total. The van der Waals surface area contributed by atoms with Gasteiger partial charge in [0.15, 0.2) is 5.66 Å². The van der Waals surface area contributed by atoms with E-state index in [0.717, 1.165) is 0 Å². The predicted molar refractivity (Wildman–Crippen MR) is 81.4 cm³/mol. The zero-order valence-electron chi connectivity index (χ0n) is 12.6. The quantitative estimate of drug-likeness (QED) is 0.355. The van der Waals surface area contributed by atoms with Crippen LogP contribution in [0.15, 0.2) is 24.4 Å². The van der Waals surface area contributed by atoms with E-state index in [0.29, 0.717) is 5.82 Å². The van der Waals surface area contributed by atoms with Crippen molar-refractivity contribution in [3.05, 3.63) is 35.9 Å². The number of H-pyrrole nitrogens is 1. The highest BCUT2D eigenvalue weighted by atomic mass is 16.4. The van der Waals surface area contributed by atoms with Crippen molar-refractivity contribution < 1.29 is 14.7 Å². The van der Waals surface area contributed by atoms with Gasteiger partial charge >= 0.3 is 5.97 Å². The molecule has 0 bridgehead atoms. The predicted octanol–water partition coefficient (Wildman–Crippen LogP) is -1.04. The number of carbonyl (C=O) groups is 2. The average molecular weight is 329 g/mol. The molecule has 124 valence electrons. The van der Waals surface area contributed by atoms with Gasteiger partial charge in [0.05, 0.1) is 6.54 Å². The minimum Gasteiger partial charge on any atom is -0.478 e. The lowest BCUT2D eigenvalue weighted by Crippen LogP contribution is -2.64. The van der Waals surface area contributed by atoms with Crippen LogP contribution in [0.2, 0.25) is 0 Å². The number of aromatic amines is 1. The van der Waals surface area contributed by atoms with Gasteiger partial charge in [-0.2, -0.15) is 0 Å². The molecule has 1 unspecified atom stereocenters. The normalized spacial score (nSPS) is 12.8. The number of terminal acetylenes is 1. The van der Waals surface area contributed by atoms with Crippen LogP contribution in [-0.4, -0.2) is 54.8 Å². The maximum atomic E-state index is 12.3. The first kappa shape index (κ1) is 17.0. The Morgan fingerprint density at radius 1 is 1.42 bits per heavy atom. The fraction of sp³-hybridized carbons (Fsp3) is 0.286. The van der Waals surface area contributed by atoms with Crippen molar-refractivity contribution in [2.45, 2.75) is 18.5 Å². The van der Waals surface area contributed by atoms with E-state index in [9.17, 15) is 14.7 Å². The number of hydrogen-bond donors (Lipinski definition) is 4. The summed E-state index contributed by atoms with van der Waals surface area (Å²) in [5, 5.41) is 27.8. The zero-order valence-corrected chi connectivity index (χ0v) is 12.6. The van der Waals surface area contributed by atoms with Crippen LogP contribution in [0, 0.1) is 12.3 Å². The van der Waals surface area contributed by atoms with Gasteiger partial charge in [0.2, 0.25) is 0 Å². The summed E-state index contributed by atoms with van der Waals surface area (Å²) < 4.78 is 0. The molecule has 0 aliphatic heterocycles. The molecule has 2 rings (SSSR count). The van der Waals surface area contributed by atoms with Crippen molar-refractivity contribution in [1.29, 1.82) is 0 Å². The molecule has 0 saturated carbocycles. The van der Waals surface area contributed by atoms with Crippen molar-refractivity contribution >= 4 is 11.9 Å². The third-order valence-electron chi connectivity index (χ3n) is 3.21. The molecule has 24 heavy (non-hydrogen) atoms. The number of carbonyl (C=O) groups excluding carboxylic acids is 1. The molecular formula is C14H15N7O3. The summed E-state index contributed by atoms with van der Waals surface area (Å²) in [6.07, 6.45) is 6.79. The first-order valence-electron chi connectivity index (χ1n) is 6.95. The second kappa shape index (κ2) is 7.80. The molecule has 1 amide bonds. The molecule has 10 heteroatoms. The van der Waals surface area contributed by atoms with Crippen molar-refractivity contribution in [2.24, 2.45) is 0 Å². The summed E-state index contributed by atoms with van der Waals surface area (Å²) in [4.78, 5) is 28.0. The Morgan fingerprint density at radius 2 is 2.25 bits per heavy atom. The SMILES string of the molecule is C#CCNC(CCc1nnn[nH]1)(NC(=O)c1ccccn1)C(=O)O. The molecule has 2 heterocycles. The molecule has 0 fully saturated rings. The van der Waals surface area contributed by atoms with Crippen molar-refractivity contribution in [2.75, 3.05) is 6.54 Å². The monoisotopic (exact) mass is 329 g/mol. The highest BCUT2D eigenvalue weighted by Crippen LogP contribution is 2.12. The summed E-state index contributed by atoms with van der Waals surface area (Å²) in [5.74, 6) is 0.756. The van der Waals surface area contributed by atoms with Gasteiger partial charge in [0, 0.05) is 19.0 Å². The Labute approximate surface area is 137 Å². The van der Waals surface area contributed by atoms with Gasteiger partial charge in [0.1, 0.15) is 11.5 Å². The van der Waals surface area contributed by atoms with E-state index >= 15 is 0 Å². The highest BCUT2D eigenvalue weighted by Gasteiger charge is 2.40. The number of nitrogens with one attached hydrogen (secondary N) is 3. The van der Waals surface area contributed by atoms with Gasteiger partial charge in [-0.15, -0.1) is 11.5 Å². The molecule has 0 aromatic carbocycles. The van der Waals surface area contributed by atoms with Gasteiger partial charge in [-0.1, -0.05) is 12.0 Å². The number of aromatic nitrogens is 5. The Kier molecular flexibility index (Phi) is 5.54. The van der Waals surface area contributed by atoms with E-state index < -0.39 is 17.5 Å². The molecule has 2 aromatic heterocycles. The summed E-state index contributed by atoms with van der Waals surface area (Å²) in [6.45, 7) is -0.0521. The minimum absolute atomic E-state index is 0.0283. The number of nitrogens with zero attached hydrogens (tertiary/aromatic N) is 4. The molecular weight excluding hydrogens is 314 g/mol. The standard InChI is InChI=1S/C14H15N7O3/c1-2-8-16-14(13(23)24,7-6-11-18-20-21-19-11)17-12(22)10-5-3-4-9-15-10/h1,3-5,9,16H,6-8H2,(H,17,22)(H,23,24)(H,18,19,20,21). The fourth-order valence-corrected chi connectivity index (χ4v) is 1.98. The van der Waals surface area contributed by atoms with Crippen molar-refractivity contribution in [3.8, 4) is 12.3 Å². The second-order valence-electron chi connectivity index (χ2n) is 4.79. The first-order valence-corrected chi connectivity index (χ1v) is 6.95. The molecule has 1 atom stereocenters. The number of aliphatic carboxylic acids is 1. The second-order valence-corrected chi connectivity index (χ2v) is 4.79. The number of pyridine rings is 1. The maximum absolute atomic E-state index is 12.3. The van der Waals surface area contributed by atoms with Crippen molar-refractivity contribution in [1.82, 2.24) is 36.2 Å².